The summed E-state index contributed by atoms with van der Waals surface area (Å²) in [6.07, 6.45) is 6.89. The molecule has 0 radical (unpaired) electrons. The Bertz CT molecular complexity index is 660. The van der Waals surface area contributed by atoms with Gasteiger partial charge in [-0.15, -0.1) is 0 Å². The number of imidazole rings is 1. The van der Waals surface area contributed by atoms with Gasteiger partial charge in [0, 0.05) is 37.2 Å². The summed E-state index contributed by atoms with van der Waals surface area (Å²) in [5.74, 6) is 0.881. The SMILES string of the molecule is NCCn1cnc(-c2nc(-c3cccnc3)no2)c1. The molecule has 3 aromatic rings. The molecule has 0 atom stereocenters. The Kier molecular flexibility index (Phi) is 3.03. The molecule has 0 aliphatic heterocycles. The van der Waals surface area contributed by atoms with E-state index in [2.05, 4.69) is 20.1 Å². The van der Waals surface area contributed by atoms with Crippen LogP contribution in [0.15, 0.2) is 41.6 Å². The standard InChI is InChI=1S/C12H12N6O/c13-3-5-18-7-10(15-8-18)12-16-11(17-19-12)9-2-1-4-14-6-9/h1-2,4,6-8H,3,5,13H2. The van der Waals surface area contributed by atoms with Crippen molar-refractivity contribution in [2.45, 2.75) is 6.54 Å². The van der Waals surface area contributed by atoms with Crippen molar-refractivity contribution in [2.24, 2.45) is 5.73 Å². The van der Waals surface area contributed by atoms with Crippen LogP contribution in [0.1, 0.15) is 0 Å². The van der Waals surface area contributed by atoms with E-state index in [-0.39, 0.29) is 0 Å². The molecule has 0 amide bonds. The number of rotatable bonds is 4. The maximum Gasteiger partial charge on any atom is 0.278 e. The van der Waals surface area contributed by atoms with Gasteiger partial charge in [-0.25, -0.2) is 4.98 Å². The lowest BCUT2D eigenvalue weighted by Crippen LogP contribution is -2.07. The Labute approximate surface area is 109 Å². The van der Waals surface area contributed by atoms with Crippen molar-refractivity contribution in [1.29, 1.82) is 0 Å². The van der Waals surface area contributed by atoms with Crippen LogP contribution in [0.3, 0.4) is 0 Å². The first-order chi connectivity index (χ1) is 9.36. The van der Waals surface area contributed by atoms with Gasteiger partial charge in [-0.1, -0.05) is 5.16 Å². The smallest absolute Gasteiger partial charge is 0.278 e. The molecule has 0 saturated heterocycles. The van der Waals surface area contributed by atoms with Crippen LogP contribution in [0.5, 0.6) is 0 Å². The summed E-state index contributed by atoms with van der Waals surface area (Å²) in [6, 6.07) is 3.69. The molecule has 3 aromatic heterocycles. The van der Waals surface area contributed by atoms with Crippen LogP contribution in [-0.4, -0.2) is 31.2 Å². The summed E-state index contributed by atoms with van der Waals surface area (Å²) in [4.78, 5) is 12.5. The largest absolute Gasteiger partial charge is 0.335 e. The Morgan fingerprint density at radius 2 is 2.32 bits per heavy atom. The van der Waals surface area contributed by atoms with Crippen LogP contribution >= 0.6 is 0 Å². The fourth-order valence-corrected chi connectivity index (χ4v) is 1.68. The van der Waals surface area contributed by atoms with Crippen molar-refractivity contribution < 1.29 is 4.52 Å². The van der Waals surface area contributed by atoms with Crippen LogP contribution in [0.25, 0.3) is 23.0 Å². The molecule has 19 heavy (non-hydrogen) atoms. The number of hydrogen-bond donors (Lipinski definition) is 1. The zero-order chi connectivity index (χ0) is 13.1. The van der Waals surface area contributed by atoms with E-state index >= 15 is 0 Å². The number of pyridine rings is 1. The van der Waals surface area contributed by atoms with E-state index in [0.717, 1.165) is 5.56 Å². The molecule has 3 heterocycles. The summed E-state index contributed by atoms with van der Waals surface area (Å²) >= 11 is 0. The second-order valence-corrected chi connectivity index (χ2v) is 3.95. The minimum absolute atomic E-state index is 0.384. The molecule has 0 aliphatic carbocycles. The van der Waals surface area contributed by atoms with Gasteiger partial charge in [-0.2, -0.15) is 4.98 Å². The summed E-state index contributed by atoms with van der Waals surface area (Å²) in [5, 5.41) is 3.92. The number of hydrogen-bond acceptors (Lipinski definition) is 6. The summed E-state index contributed by atoms with van der Waals surface area (Å²) in [6.45, 7) is 1.26. The van der Waals surface area contributed by atoms with Gasteiger partial charge in [0.1, 0.15) is 5.69 Å². The second kappa shape index (κ2) is 4.99. The fraction of sp³-hybridized carbons (Fsp3) is 0.167. The van der Waals surface area contributed by atoms with Gasteiger partial charge in [0.2, 0.25) is 5.82 Å². The molecular formula is C12H12N6O. The van der Waals surface area contributed by atoms with E-state index in [1.54, 1.807) is 18.7 Å². The molecule has 0 spiro atoms. The molecule has 96 valence electrons. The van der Waals surface area contributed by atoms with Crippen molar-refractivity contribution in [3.63, 3.8) is 0 Å². The molecule has 2 N–H and O–H groups in total. The van der Waals surface area contributed by atoms with E-state index in [1.165, 1.54) is 0 Å². The second-order valence-electron chi connectivity index (χ2n) is 3.95. The third-order valence-electron chi connectivity index (χ3n) is 2.59. The van der Waals surface area contributed by atoms with E-state index < -0.39 is 0 Å². The predicted octanol–water partition coefficient (Wildman–Crippen LogP) is 0.954. The number of nitrogens with zero attached hydrogens (tertiary/aromatic N) is 5. The van der Waals surface area contributed by atoms with E-state index in [9.17, 15) is 0 Å². The fourth-order valence-electron chi connectivity index (χ4n) is 1.68. The van der Waals surface area contributed by atoms with Gasteiger partial charge in [-0.05, 0) is 12.1 Å². The molecular weight excluding hydrogens is 244 g/mol. The topological polar surface area (TPSA) is 95.7 Å². The van der Waals surface area contributed by atoms with Gasteiger partial charge in [0.05, 0.1) is 6.33 Å². The van der Waals surface area contributed by atoms with Crippen LogP contribution in [0.4, 0.5) is 0 Å². The third kappa shape index (κ3) is 2.36. The van der Waals surface area contributed by atoms with Crippen LogP contribution in [-0.2, 0) is 6.54 Å². The highest BCUT2D eigenvalue weighted by molar-refractivity contribution is 5.56. The van der Waals surface area contributed by atoms with Crippen LogP contribution in [0, 0.1) is 0 Å². The third-order valence-corrected chi connectivity index (χ3v) is 2.59. The zero-order valence-electron chi connectivity index (χ0n) is 10.1. The normalized spacial score (nSPS) is 10.8. The Morgan fingerprint density at radius 3 is 3.11 bits per heavy atom. The molecule has 3 rings (SSSR count). The predicted molar refractivity (Wildman–Crippen MR) is 67.8 cm³/mol. The van der Waals surface area contributed by atoms with Crippen molar-refractivity contribution >= 4 is 0 Å². The van der Waals surface area contributed by atoms with Crippen LogP contribution < -0.4 is 5.73 Å². The Hall–Kier alpha value is -2.54. The molecule has 0 bridgehead atoms. The first kappa shape index (κ1) is 11.5. The van der Waals surface area contributed by atoms with Crippen molar-refractivity contribution in [3.05, 3.63) is 37.1 Å². The van der Waals surface area contributed by atoms with E-state index in [1.807, 2.05) is 22.9 Å². The molecule has 7 heteroatoms. The van der Waals surface area contributed by atoms with E-state index in [4.69, 9.17) is 10.3 Å². The molecule has 0 aromatic carbocycles. The summed E-state index contributed by atoms with van der Waals surface area (Å²) in [5.41, 5.74) is 6.92. The van der Waals surface area contributed by atoms with Gasteiger partial charge in [-0.3, -0.25) is 4.98 Å². The Morgan fingerprint density at radius 1 is 1.37 bits per heavy atom. The van der Waals surface area contributed by atoms with Gasteiger partial charge in [0.15, 0.2) is 0 Å². The Balaban J connectivity index is 1.88. The van der Waals surface area contributed by atoms with Crippen LogP contribution in [0.2, 0.25) is 0 Å². The van der Waals surface area contributed by atoms with Gasteiger partial charge < -0.3 is 14.8 Å². The van der Waals surface area contributed by atoms with E-state index in [0.29, 0.717) is 30.5 Å². The average molecular weight is 256 g/mol. The quantitative estimate of drug-likeness (QED) is 0.746. The highest BCUT2D eigenvalue weighted by Gasteiger charge is 2.12. The van der Waals surface area contributed by atoms with Crippen molar-refractivity contribution in [1.82, 2.24) is 24.7 Å². The zero-order valence-corrected chi connectivity index (χ0v) is 10.1. The van der Waals surface area contributed by atoms with Gasteiger partial charge >= 0.3 is 0 Å². The minimum Gasteiger partial charge on any atom is -0.335 e. The summed E-state index contributed by atoms with van der Waals surface area (Å²) in [7, 11) is 0. The molecule has 0 unspecified atom stereocenters. The summed E-state index contributed by atoms with van der Waals surface area (Å²) < 4.78 is 7.08. The first-order valence-electron chi connectivity index (χ1n) is 5.83. The molecule has 7 nitrogen and oxygen atoms in total. The minimum atomic E-state index is 0.384. The average Bonchev–Trinajstić information content (AvgIpc) is 3.08. The number of aromatic nitrogens is 5. The monoisotopic (exact) mass is 256 g/mol. The lowest BCUT2D eigenvalue weighted by molar-refractivity contribution is 0.431. The van der Waals surface area contributed by atoms with Crippen molar-refractivity contribution in [3.8, 4) is 23.0 Å². The van der Waals surface area contributed by atoms with Crippen molar-refractivity contribution in [2.75, 3.05) is 6.54 Å². The maximum atomic E-state index is 5.48. The molecule has 0 aliphatic rings. The lowest BCUT2D eigenvalue weighted by Gasteiger charge is -1.94. The highest BCUT2D eigenvalue weighted by atomic mass is 16.5. The number of nitrogens with two attached hydrogens (primary N) is 1. The highest BCUT2D eigenvalue weighted by Crippen LogP contribution is 2.19. The molecule has 0 saturated carbocycles. The van der Waals surface area contributed by atoms with Gasteiger partial charge in [0.25, 0.3) is 5.89 Å². The first-order valence-corrected chi connectivity index (χ1v) is 5.83. The maximum absolute atomic E-state index is 5.48. The lowest BCUT2D eigenvalue weighted by atomic mass is 10.3. The molecule has 0 fully saturated rings.